The summed E-state index contributed by atoms with van der Waals surface area (Å²) in [6.07, 6.45) is 36.0. The lowest BCUT2D eigenvalue weighted by Gasteiger charge is -2.18. The minimum Gasteiger partial charge on any atom is -0.489 e. The fourth-order valence-corrected chi connectivity index (χ4v) is 6.54. The zero-order valence-electron chi connectivity index (χ0n) is 37.5. The van der Waals surface area contributed by atoms with E-state index < -0.39 is 0 Å². The second-order valence-electron chi connectivity index (χ2n) is 15.2. The molecule has 11 nitrogen and oxygen atoms in total. The number of hydrogen-bond donors (Lipinski definition) is 0. The first-order chi connectivity index (χ1) is 29.8. The van der Waals surface area contributed by atoms with Crippen LogP contribution in [0.15, 0.2) is 50.1 Å². The number of carbonyl (C=O) groups is 1. The Morgan fingerprint density at radius 3 is 0.900 bits per heavy atom. The highest BCUT2D eigenvalue weighted by Crippen LogP contribution is 2.42. The van der Waals surface area contributed by atoms with Crippen molar-refractivity contribution < 1.29 is 53.1 Å². The highest BCUT2D eigenvalue weighted by Gasteiger charge is 2.17. The quantitative estimate of drug-likeness (QED) is 0.0205. The Kier molecular flexibility index (Phi) is 41.9. The molecule has 1 aromatic rings. The third-order valence-electron chi connectivity index (χ3n) is 9.86. The van der Waals surface area contributed by atoms with Gasteiger partial charge < -0.3 is 18.9 Å². The van der Waals surface area contributed by atoms with Crippen molar-refractivity contribution in [3.8, 4) is 23.0 Å². The topological polar surface area (TPSA) is 109 Å². The summed E-state index contributed by atoms with van der Waals surface area (Å²) < 4.78 is 24.3. The molecule has 1 rings (SSSR count). The van der Waals surface area contributed by atoms with Crippen molar-refractivity contribution in [3.63, 3.8) is 0 Å². The second kappa shape index (κ2) is 45.6. The molecule has 1 aromatic carbocycles. The maximum absolute atomic E-state index is 11.4. The van der Waals surface area contributed by atoms with Crippen LogP contribution in [0.25, 0.3) is 0 Å². The van der Waals surface area contributed by atoms with Gasteiger partial charge in [0.2, 0.25) is 5.75 Å². The van der Waals surface area contributed by atoms with Crippen LogP contribution in [0.5, 0.6) is 23.0 Å². The Morgan fingerprint density at radius 1 is 0.350 bits per heavy atom. The van der Waals surface area contributed by atoms with Gasteiger partial charge >= 0.3 is 0 Å². The summed E-state index contributed by atoms with van der Waals surface area (Å²) >= 11 is 0. The van der Waals surface area contributed by atoms with Crippen LogP contribution in [-0.4, -0.2) is 65.9 Å². The van der Waals surface area contributed by atoms with E-state index in [1.54, 1.807) is 30.4 Å². The van der Waals surface area contributed by atoms with Crippen molar-refractivity contribution in [2.75, 3.05) is 59.5 Å². The van der Waals surface area contributed by atoms with Crippen molar-refractivity contribution in [1.82, 2.24) is 0 Å². The number of ether oxygens (including phenoxy) is 4. The lowest BCUT2D eigenvalue weighted by molar-refractivity contribution is -0.286. The Balaban J connectivity index is 2.50. The summed E-state index contributed by atoms with van der Waals surface area (Å²) in [6, 6.07) is 3.49. The Bertz CT molecular complexity index is 1060. The number of carbonyl (C=O) groups excluding carboxylic acids is 1. The molecule has 0 amide bonds. The monoisotopic (exact) mass is 849 g/mol. The van der Waals surface area contributed by atoms with Gasteiger partial charge in [0.05, 0.1) is 39.6 Å². The fraction of sp³-hybridized carbons (Fsp3) is 0.735. The predicted octanol–water partition coefficient (Wildman–Crippen LogP) is 13.3. The van der Waals surface area contributed by atoms with Gasteiger partial charge in [0.25, 0.3) is 6.47 Å². The average Bonchev–Trinajstić information content (AvgIpc) is 3.25. The van der Waals surface area contributed by atoms with Gasteiger partial charge in [0, 0.05) is 12.1 Å². The van der Waals surface area contributed by atoms with Crippen LogP contribution < -0.4 is 18.9 Å². The molecule has 0 aliphatic heterocycles. The van der Waals surface area contributed by atoms with Gasteiger partial charge in [-0.15, -0.1) is 19.7 Å². The van der Waals surface area contributed by atoms with E-state index >= 15 is 0 Å². The molecular weight excluding hydrogens is 765 g/mol. The third kappa shape index (κ3) is 35.8. The van der Waals surface area contributed by atoms with E-state index in [9.17, 15) is 4.79 Å². The van der Waals surface area contributed by atoms with Gasteiger partial charge in [0.15, 0.2) is 11.5 Å². The van der Waals surface area contributed by atoms with Crippen molar-refractivity contribution in [1.29, 1.82) is 0 Å². The van der Waals surface area contributed by atoms with Crippen molar-refractivity contribution in [2.24, 2.45) is 0 Å². The van der Waals surface area contributed by atoms with E-state index in [2.05, 4.69) is 19.7 Å². The molecule has 0 saturated carbocycles. The molecule has 60 heavy (non-hydrogen) atoms. The lowest BCUT2D eigenvalue weighted by Crippen LogP contribution is -2.07. The third-order valence-corrected chi connectivity index (χ3v) is 9.86. The minimum absolute atomic E-state index is 0.391. The summed E-state index contributed by atoms with van der Waals surface area (Å²) in [5.74, 6) is 2.12. The molecule has 0 aromatic heterocycles. The largest absolute Gasteiger partial charge is 0.489 e. The predicted molar refractivity (Wildman–Crippen MR) is 241 cm³/mol. The zero-order chi connectivity index (χ0) is 43.1. The number of hydrogen-bond acceptors (Lipinski definition) is 11. The molecule has 0 saturated heterocycles. The zero-order valence-corrected chi connectivity index (χ0v) is 37.5. The Morgan fingerprint density at radius 2 is 0.617 bits per heavy atom. The fourth-order valence-electron chi connectivity index (χ4n) is 6.54. The summed E-state index contributed by atoms with van der Waals surface area (Å²) in [5, 5.41) is 0. The van der Waals surface area contributed by atoms with E-state index in [-0.39, 0.29) is 0 Å². The standard InChI is InChI=1S/C49H84O11/c1-4-34-55-58-40-31-25-19-13-7-10-16-22-28-37-51-47-43-46(54-45-50)44-48(52-38-29-23-17-11-8-14-20-26-32-41-59-56-35-5-2)49(47)53-39-30-24-18-12-9-15-21-27-33-42-60-57-36-6-3/h4-6,43-45H,1-3,7-42H2. The molecule has 0 fully saturated rings. The first-order valence-corrected chi connectivity index (χ1v) is 23.5. The van der Waals surface area contributed by atoms with Crippen LogP contribution in [0.2, 0.25) is 0 Å². The van der Waals surface area contributed by atoms with Crippen molar-refractivity contribution in [3.05, 3.63) is 50.1 Å². The van der Waals surface area contributed by atoms with Gasteiger partial charge in [0.1, 0.15) is 25.6 Å². The van der Waals surface area contributed by atoms with E-state index in [1.807, 2.05) is 0 Å². The number of benzene rings is 1. The number of rotatable bonds is 50. The number of unbranched alkanes of at least 4 members (excludes halogenated alkanes) is 24. The summed E-state index contributed by atoms with van der Waals surface area (Å²) in [6.45, 7) is 16.2. The normalized spacial score (nSPS) is 11.1. The molecular formula is C49H84O11. The minimum atomic E-state index is 0.391. The van der Waals surface area contributed by atoms with Crippen LogP contribution in [0.3, 0.4) is 0 Å². The first kappa shape index (κ1) is 55.1. The van der Waals surface area contributed by atoms with Crippen molar-refractivity contribution >= 4 is 6.47 Å². The van der Waals surface area contributed by atoms with Gasteiger partial charge in [-0.05, 0) is 38.5 Å². The highest BCUT2D eigenvalue weighted by molar-refractivity contribution is 5.58. The molecule has 0 N–H and O–H groups in total. The highest BCUT2D eigenvalue weighted by atomic mass is 17.2. The van der Waals surface area contributed by atoms with Gasteiger partial charge in [-0.2, -0.15) is 0 Å². The molecule has 0 radical (unpaired) electrons. The van der Waals surface area contributed by atoms with Gasteiger partial charge in [-0.25, -0.2) is 29.3 Å². The SMILES string of the molecule is C=CCOOCCCCCCCCCCCOc1cc(OC=O)cc(OCCCCCCCCCCCOOCC=C)c1OCCCCCCCCCCCOOCC=C. The van der Waals surface area contributed by atoms with E-state index in [0.29, 0.717) is 88.9 Å². The smallest absolute Gasteiger partial charge is 0.298 e. The molecule has 0 heterocycles. The maximum atomic E-state index is 11.4. The Labute approximate surface area is 364 Å². The van der Waals surface area contributed by atoms with Crippen LogP contribution in [0.4, 0.5) is 0 Å². The Hall–Kier alpha value is -2.93. The lowest BCUT2D eigenvalue weighted by atomic mass is 10.1. The van der Waals surface area contributed by atoms with Crippen LogP contribution >= 0.6 is 0 Å². The average molecular weight is 849 g/mol. The van der Waals surface area contributed by atoms with E-state index in [4.69, 9.17) is 48.3 Å². The maximum Gasteiger partial charge on any atom is 0.298 e. The summed E-state index contributed by atoms with van der Waals surface area (Å²) in [4.78, 5) is 41.6. The molecule has 0 bridgehead atoms. The molecule has 0 atom stereocenters. The van der Waals surface area contributed by atoms with Crippen molar-refractivity contribution in [2.45, 2.75) is 173 Å². The molecule has 0 aliphatic carbocycles. The van der Waals surface area contributed by atoms with Crippen LogP contribution in [-0.2, 0) is 34.1 Å². The van der Waals surface area contributed by atoms with E-state index in [0.717, 1.165) is 77.0 Å². The first-order valence-electron chi connectivity index (χ1n) is 23.5. The molecule has 0 spiro atoms. The van der Waals surface area contributed by atoms with Gasteiger partial charge in [-0.3, -0.25) is 4.79 Å². The summed E-state index contributed by atoms with van der Waals surface area (Å²) in [7, 11) is 0. The van der Waals surface area contributed by atoms with E-state index in [1.165, 1.54) is 96.3 Å². The summed E-state index contributed by atoms with van der Waals surface area (Å²) in [5.41, 5.74) is 0. The van der Waals surface area contributed by atoms with Crippen LogP contribution in [0.1, 0.15) is 173 Å². The molecule has 11 heteroatoms. The second-order valence-corrected chi connectivity index (χ2v) is 15.2. The van der Waals surface area contributed by atoms with Crippen LogP contribution in [0, 0.1) is 0 Å². The molecule has 346 valence electrons. The van der Waals surface area contributed by atoms with Gasteiger partial charge in [-0.1, -0.05) is 153 Å². The molecule has 0 unspecified atom stereocenters. The molecule has 0 aliphatic rings.